The van der Waals surface area contributed by atoms with E-state index in [0.717, 1.165) is 11.3 Å². The van der Waals surface area contributed by atoms with Crippen molar-refractivity contribution in [3.05, 3.63) is 35.4 Å². The van der Waals surface area contributed by atoms with Crippen molar-refractivity contribution in [2.24, 2.45) is 10.9 Å². The number of nitrogens with two attached hydrogens (primary N) is 1. The number of oxime groups is 1. The van der Waals surface area contributed by atoms with E-state index in [-0.39, 0.29) is 5.84 Å². The van der Waals surface area contributed by atoms with Crippen molar-refractivity contribution >= 4 is 17.6 Å². The molecule has 0 aliphatic carbocycles. The molecular formula is C13H20N2OS. The first kappa shape index (κ1) is 13.9. The van der Waals surface area contributed by atoms with Gasteiger partial charge in [-0.15, -0.1) is 0 Å². The van der Waals surface area contributed by atoms with Crippen LogP contribution in [-0.4, -0.2) is 16.8 Å². The molecule has 0 spiro atoms. The van der Waals surface area contributed by atoms with Crippen LogP contribution >= 0.6 is 11.8 Å². The zero-order valence-electron chi connectivity index (χ0n) is 10.2. The van der Waals surface area contributed by atoms with E-state index in [2.05, 4.69) is 12.1 Å². The van der Waals surface area contributed by atoms with E-state index < -0.39 is 0 Å². The minimum atomic E-state index is 0.159. The Morgan fingerprint density at radius 3 is 2.59 bits per heavy atom. The quantitative estimate of drug-likeness (QED) is 0.257. The fourth-order valence-electron chi connectivity index (χ4n) is 1.47. The molecule has 3 N–H and O–H groups in total. The highest BCUT2D eigenvalue weighted by molar-refractivity contribution is 7.98. The second kappa shape index (κ2) is 8.01. The number of amidine groups is 1. The third kappa shape index (κ3) is 5.13. The molecule has 4 heteroatoms. The van der Waals surface area contributed by atoms with Crippen molar-refractivity contribution in [2.75, 3.05) is 5.75 Å². The van der Waals surface area contributed by atoms with Crippen LogP contribution in [-0.2, 0) is 5.75 Å². The fourth-order valence-corrected chi connectivity index (χ4v) is 2.45. The van der Waals surface area contributed by atoms with Crippen LogP contribution in [0.25, 0.3) is 0 Å². The number of rotatable bonds is 7. The van der Waals surface area contributed by atoms with Crippen LogP contribution < -0.4 is 5.73 Å². The first-order chi connectivity index (χ1) is 8.27. The SMILES string of the molecule is CCCCCSCc1ccc(/C(N)=N/O)cc1. The van der Waals surface area contributed by atoms with Crippen LogP contribution in [0.1, 0.15) is 37.3 Å². The lowest BCUT2D eigenvalue weighted by atomic mass is 10.1. The van der Waals surface area contributed by atoms with Crippen molar-refractivity contribution in [1.29, 1.82) is 0 Å². The minimum Gasteiger partial charge on any atom is -0.409 e. The lowest BCUT2D eigenvalue weighted by molar-refractivity contribution is 0.318. The molecule has 17 heavy (non-hydrogen) atoms. The Morgan fingerprint density at radius 2 is 2.00 bits per heavy atom. The highest BCUT2D eigenvalue weighted by atomic mass is 32.2. The molecule has 1 rings (SSSR count). The van der Waals surface area contributed by atoms with Crippen LogP contribution in [0.2, 0.25) is 0 Å². The maximum absolute atomic E-state index is 8.54. The summed E-state index contributed by atoms with van der Waals surface area (Å²) in [4.78, 5) is 0. The average molecular weight is 252 g/mol. The summed E-state index contributed by atoms with van der Waals surface area (Å²) in [6.45, 7) is 2.22. The Bertz CT molecular complexity index is 349. The van der Waals surface area contributed by atoms with Gasteiger partial charge in [0.05, 0.1) is 0 Å². The zero-order chi connectivity index (χ0) is 12.5. The molecule has 0 atom stereocenters. The predicted molar refractivity (Wildman–Crippen MR) is 74.6 cm³/mol. The molecule has 1 aromatic carbocycles. The van der Waals surface area contributed by atoms with Gasteiger partial charge in [0.15, 0.2) is 5.84 Å². The Hall–Kier alpha value is -1.16. The summed E-state index contributed by atoms with van der Waals surface area (Å²) in [5.41, 5.74) is 7.53. The van der Waals surface area contributed by atoms with Crippen molar-refractivity contribution in [2.45, 2.75) is 31.9 Å². The van der Waals surface area contributed by atoms with Gasteiger partial charge in [-0.2, -0.15) is 11.8 Å². The summed E-state index contributed by atoms with van der Waals surface area (Å²) in [5.74, 6) is 2.41. The molecule has 0 heterocycles. The van der Waals surface area contributed by atoms with E-state index in [1.165, 1.54) is 30.6 Å². The molecule has 0 saturated heterocycles. The van der Waals surface area contributed by atoms with E-state index in [1.807, 2.05) is 36.0 Å². The number of thioether (sulfide) groups is 1. The van der Waals surface area contributed by atoms with Gasteiger partial charge in [0, 0.05) is 11.3 Å². The molecule has 0 radical (unpaired) electrons. The highest BCUT2D eigenvalue weighted by Crippen LogP contribution is 2.15. The number of hydrogen-bond donors (Lipinski definition) is 2. The lowest BCUT2D eigenvalue weighted by Gasteiger charge is -2.03. The van der Waals surface area contributed by atoms with E-state index in [9.17, 15) is 0 Å². The van der Waals surface area contributed by atoms with Gasteiger partial charge >= 0.3 is 0 Å². The summed E-state index contributed by atoms with van der Waals surface area (Å²) in [6, 6.07) is 7.83. The Labute approximate surface area is 107 Å². The van der Waals surface area contributed by atoms with Gasteiger partial charge in [0.2, 0.25) is 0 Å². The monoisotopic (exact) mass is 252 g/mol. The largest absolute Gasteiger partial charge is 0.409 e. The highest BCUT2D eigenvalue weighted by Gasteiger charge is 1.99. The molecule has 3 nitrogen and oxygen atoms in total. The van der Waals surface area contributed by atoms with Gasteiger partial charge in [0.1, 0.15) is 0 Å². The molecule has 0 unspecified atom stereocenters. The average Bonchev–Trinajstić information content (AvgIpc) is 2.38. The summed E-state index contributed by atoms with van der Waals surface area (Å²) in [5, 5.41) is 11.5. The molecule has 0 aliphatic rings. The van der Waals surface area contributed by atoms with Crippen LogP contribution in [0.5, 0.6) is 0 Å². The van der Waals surface area contributed by atoms with E-state index in [0.29, 0.717) is 0 Å². The van der Waals surface area contributed by atoms with Gasteiger partial charge < -0.3 is 10.9 Å². The van der Waals surface area contributed by atoms with Crippen molar-refractivity contribution in [3.63, 3.8) is 0 Å². The molecule has 0 aromatic heterocycles. The van der Waals surface area contributed by atoms with E-state index in [4.69, 9.17) is 10.9 Å². The van der Waals surface area contributed by atoms with Gasteiger partial charge in [-0.3, -0.25) is 0 Å². The summed E-state index contributed by atoms with van der Waals surface area (Å²) < 4.78 is 0. The molecule has 0 saturated carbocycles. The first-order valence-corrected chi connectivity index (χ1v) is 7.08. The van der Waals surface area contributed by atoms with Crippen molar-refractivity contribution < 1.29 is 5.21 Å². The minimum absolute atomic E-state index is 0.159. The Balaban J connectivity index is 2.35. The first-order valence-electron chi connectivity index (χ1n) is 5.92. The Morgan fingerprint density at radius 1 is 1.29 bits per heavy atom. The normalized spacial score (nSPS) is 11.7. The molecule has 1 aromatic rings. The molecule has 0 amide bonds. The number of hydrogen-bond acceptors (Lipinski definition) is 3. The molecule has 0 aliphatic heterocycles. The summed E-state index contributed by atoms with van der Waals surface area (Å²) in [7, 11) is 0. The van der Waals surface area contributed by atoms with Gasteiger partial charge in [-0.1, -0.05) is 49.2 Å². The van der Waals surface area contributed by atoms with Crippen molar-refractivity contribution in [1.82, 2.24) is 0 Å². The number of benzene rings is 1. The number of unbranched alkanes of at least 4 members (excludes halogenated alkanes) is 2. The standard InChI is InChI=1S/C13H20N2OS/c1-2-3-4-9-17-10-11-5-7-12(8-6-11)13(14)15-16/h5-8,16H,2-4,9-10H2,1H3,(H2,14,15). The molecule has 94 valence electrons. The summed E-state index contributed by atoms with van der Waals surface area (Å²) >= 11 is 1.96. The second-order valence-corrected chi connectivity index (χ2v) is 5.05. The van der Waals surface area contributed by atoms with Crippen LogP contribution in [0, 0.1) is 0 Å². The lowest BCUT2D eigenvalue weighted by Crippen LogP contribution is -2.12. The van der Waals surface area contributed by atoms with Gasteiger partial charge in [0.25, 0.3) is 0 Å². The maximum atomic E-state index is 8.54. The Kier molecular flexibility index (Phi) is 6.55. The summed E-state index contributed by atoms with van der Waals surface area (Å²) in [6.07, 6.45) is 3.88. The van der Waals surface area contributed by atoms with Crippen molar-refractivity contribution in [3.8, 4) is 0 Å². The third-order valence-electron chi connectivity index (χ3n) is 2.52. The third-order valence-corrected chi connectivity index (χ3v) is 3.63. The maximum Gasteiger partial charge on any atom is 0.170 e. The molecule has 0 fully saturated rings. The van der Waals surface area contributed by atoms with Crippen LogP contribution in [0.15, 0.2) is 29.4 Å². The van der Waals surface area contributed by atoms with Crippen LogP contribution in [0.4, 0.5) is 0 Å². The smallest absolute Gasteiger partial charge is 0.170 e. The second-order valence-electron chi connectivity index (χ2n) is 3.94. The number of nitrogens with zero attached hydrogens (tertiary/aromatic N) is 1. The topological polar surface area (TPSA) is 58.6 Å². The predicted octanol–water partition coefficient (Wildman–Crippen LogP) is 3.20. The fraction of sp³-hybridized carbons (Fsp3) is 0.462. The van der Waals surface area contributed by atoms with Crippen LogP contribution in [0.3, 0.4) is 0 Å². The van der Waals surface area contributed by atoms with Gasteiger partial charge in [-0.25, -0.2) is 0 Å². The molecular weight excluding hydrogens is 232 g/mol. The van der Waals surface area contributed by atoms with Gasteiger partial charge in [-0.05, 0) is 17.7 Å². The van der Waals surface area contributed by atoms with E-state index >= 15 is 0 Å². The zero-order valence-corrected chi connectivity index (χ0v) is 11.0. The molecule has 0 bridgehead atoms. The van der Waals surface area contributed by atoms with E-state index in [1.54, 1.807) is 0 Å².